The highest BCUT2D eigenvalue weighted by atomic mass is 16.2. The zero-order chi connectivity index (χ0) is 20.3. The van der Waals surface area contributed by atoms with E-state index >= 15 is 0 Å². The molecule has 2 aromatic rings. The smallest absolute Gasteiger partial charge is 0.227 e. The summed E-state index contributed by atoms with van der Waals surface area (Å²) in [5.74, 6) is 0.266. The maximum atomic E-state index is 13.4. The lowest BCUT2D eigenvalue weighted by atomic mass is 10.0. The highest BCUT2D eigenvalue weighted by Gasteiger charge is 2.27. The van der Waals surface area contributed by atoms with Crippen LogP contribution in [0.4, 0.5) is 0 Å². The molecule has 0 radical (unpaired) electrons. The van der Waals surface area contributed by atoms with Crippen molar-refractivity contribution in [1.82, 2.24) is 19.7 Å². The van der Waals surface area contributed by atoms with Crippen molar-refractivity contribution >= 4 is 16.8 Å². The average molecular weight is 385 g/mol. The van der Waals surface area contributed by atoms with Crippen LogP contribution < -0.4 is 0 Å². The van der Waals surface area contributed by atoms with E-state index in [4.69, 9.17) is 0 Å². The summed E-state index contributed by atoms with van der Waals surface area (Å²) >= 11 is 0. The Morgan fingerprint density at radius 1 is 1.21 bits per heavy atom. The number of carbonyl (C=O) groups is 1. The molecule has 0 bridgehead atoms. The van der Waals surface area contributed by atoms with Gasteiger partial charge < -0.3 is 19.7 Å². The number of hydrogen-bond acceptors (Lipinski definition) is 3. The van der Waals surface area contributed by atoms with Crippen LogP contribution in [0.5, 0.6) is 0 Å². The van der Waals surface area contributed by atoms with Crippen LogP contribution in [-0.2, 0) is 17.6 Å². The Balaban J connectivity index is 1.83. The second-order valence-corrected chi connectivity index (χ2v) is 8.52. The predicted molar refractivity (Wildman–Crippen MR) is 117 cm³/mol. The van der Waals surface area contributed by atoms with Crippen LogP contribution in [0.15, 0.2) is 18.2 Å². The molecule has 2 heterocycles. The van der Waals surface area contributed by atoms with Gasteiger partial charge >= 0.3 is 0 Å². The van der Waals surface area contributed by atoms with E-state index in [-0.39, 0.29) is 5.91 Å². The second kappa shape index (κ2) is 9.10. The summed E-state index contributed by atoms with van der Waals surface area (Å²) < 4.78 is 0. The minimum atomic E-state index is 0.266. The van der Waals surface area contributed by atoms with Crippen molar-refractivity contribution in [2.45, 2.75) is 45.6 Å². The van der Waals surface area contributed by atoms with Gasteiger partial charge in [0.05, 0.1) is 6.42 Å². The van der Waals surface area contributed by atoms with Crippen LogP contribution in [0.2, 0.25) is 0 Å². The summed E-state index contributed by atoms with van der Waals surface area (Å²) in [5.41, 5.74) is 4.81. The molecule has 0 spiro atoms. The molecule has 0 unspecified atom stereocenters. The molecule has 1 fully saturated rings. The fourth-order valence-corrected chi connectivity index (χ4v) is 4.36. The predicted octanol–water partition coefficient (Wildman–Crippen LogP) is 3.07. The van der Waals surface area contributed by atoms with Crippen LogP contribution >= 0.6 is 0 Å². The largest absolute Gasteiger partial charge is 0.358 e. The van der Waals surface area contributed by atoms with Gasteiger partial charge in [-0.1, -0.05) is 25.1 Å². The number of rotatable bonds is 7. The number of nitrogens with zero attached hydrogens (tertiary/aromatic N) is 3. The zero-order valence-corrected chi connectivity index (χ0v) is 18.2. The van der Waals surface area contributed by atoms with Gasteiger partial charge in [-0.15, -0.1) is 0 Å². The number of aromatic nitrogens is 1. The molecule has 5 heteroatoms. The molecule has 1 aliphatic heterocycles. The Bertz CT molecular complexity index is 802. The molecule has 1 amide bonds. The quantitative estimate of drug-likeness (QED) is 0.798. The first-order valence-corrected chi connectivity index (χ1v) is 10.6. The van der Waals surface area contributed by atoms with Crippen molar-refractivity contribution in [2.75, 3.05) is 47.3 Å². The van der Waals surface area contributed by atoms with Gasteiger partial charge in [-0.25, -0.2) is 0 Å². The molecule has 1 aliphatic rings. The third-order valence-corrected chi connectivity index (χ3v) is 6.19. The molecule has 0 aliphatic carbocycles. The van der Waals surface area contributed by atoms with Crippen LogP contribution in [0.1, 0.15) is 36.6 Å². The van der Waals surface area contributed by atoms with Gasteiger partial charge in [0.1, 0.15) is 0 Å². The Labute approximate surface area is 169 Å². The number of benzene rings is 1. The van der Waals surface area contributed by atoms with Crippen LogP contribution in [0.25, 0.3) is 10.9 Å². The van der Waals surface area contributed by atoms with E-state index in [0.29, 0.717) is 12.5 Å². The molecule has 1 N–H and O–H groups in total. The van der Waals surface area contributed by atoms with Gasteiger partial charge in [-0.05, 0) is 71.5 Å². The van der Waals surface area contributed by atoms with E-state index < -0.39 is 0 Å². The summed E-state index contributed by atoms with van der Waals surface area (Å²) in [6.45, 7) is 8.14. The van der Waals surface area contributed by atoms with Crippen LogP contribution in [0.3, 0.4) is 0 Å². The molecule has 28 heavy (non-hydrogen) atoms. The molecule has 1 aromatic carbocycles. The van der Waals surface area contributed by atoms with E-state index in [2.05, 4.69) is 72.9 Å². The summed E-state index contributed by atoms with van der Waals surface area (Å²) in [6.07, 6.45) is 3.62. The summed E-state index contributed by atoms with van der Waals surface area (Å²) in [5, 5.41) is 1.21. The SMILES string of the molecule is CCc1cccc2c(CC(=O)N(CCN(C)C)C3CCN(C)CC3)c(C)[nH]c12. The topological polar surface area (TPSA) is 42.6 Å². The first kappa shape index (κ1) is 20.9. The number of aryl methyl sites for hydroxylation is 2. The summed E-state index contributed by atoms with van der Waals surface area (Å²) in [4.78, 5) is 23.7. The average Bonchev–Trinajstić information content (AvgIpc) is 2.98. The van der Waals surface area contributed by atoms with Gasteiger partial charge in [-0.2, -0.15) is 0 Å². The second-order valence-electron chi connectivity index (χ2n) is 8.52. The molecule has 1 saturated heterocycles. The Kier molecular flexibility index (Phi) is 6.78. The van der Waals surface area contributed by atoms with Crippen molar-refractivity contribution in [2.24, 2.45) is 0 Å². The maximum absolute atomic E-state index is 13.4. The third-order valence-electron chi connectivity index (χ3n) is 6.19. The normalized spacial score (nSPS) is 16.2. The molecule has 1 aromatic heterocycles. The van der Waals surface area contributed by atoms with Crippen LogP contribution in [-0.4, -0.2) is 79.0 Å². The Morgan fingerprint density at radius 2 is 1.93 bits per heavy atom. The van der Waals surface area contributed by atoms with Crippen molar-refractivity contribution in [3.05, 3.63) is 35.0 Å². The number of piperidine rings is 1. The summed E-state index contributed by atoms with van der Waals surface area (Å²) in [7, 11) is 6.32. The highest BCUT2D eigenvalue weighted by Crippen LogP contribution is 2.27. The molecular formula is C23H36N4O. The molecular weight excluding hydrogens is 348 g/mol. The third kappa shape index (κ3) is 4.58. The zero-order valence-electron chi connectivity index (χ0n) is 18.2. The first-order chi connectivity index (χ1) is 13.4. The molecule has 3 rings (SSSR count). The maximum Gasteiger partial charge on any atom is 0.227 e. The van der Waals surface area contributed by atoms with Crippen molar-refractivity contribution < 1.29 is 4.79 Å². The molecule has 5 nitrogen and oxygen atoms in total. The van der Waals surface area contributed by atoms with Gasteiger partial charge in [0.25, 0.3) is 0 Å². The minimum absolute atomic E-state index is 0.266. The first-order valence-electron chi connectivity index (χ1n) is 10.6. The lowest BCUT2D eigenvalue weighted by molar-refractivity contribution is -0.133. The minimum Gasteiger partial charge on any atom is -0.358 e. The van der Waals surface area contributed by atoms with Crippen LogP contribution in [0, 0.1) is 6.92 Å². The van der Waals surface area contributed by atoms with Crippen molar-refractivity contribution in [3.63, 3.8) is 0 Å². The molecule has 154 valence electrons. The lowest BCUT2D eigenvalue weighted by Crippen LogP contribution is -2.49. The van der Waals surface area contributed by atoms with E-state index in [1.165, 1.54) is 16.5 Å². The number of aromatic amines is 1. The van der Waals surface area contributed by atoms with E-state index in [1.54, 1.807) is 0 Å². The fraction of sp³-hybridized carbons (Fsp3) is 0.609. The fourth-order valence-electron chi connectivity index (χ4n) is 4.36. The number of nitrogens with one attached hydrogen (secondary N) is 1. The number of amides is 1. The molecule has 0 saturated carbocycles. The van der Waals surface area contributed by atoms with Crippen molar-refractivity contribution in [3.8, 4) is 0 Å². The standard InChI is InChI=1S/C23H36N4O/c1-6-18-8-7-9-20-21(17(2)24-23(18)20)16-22(28)27(15-14-25(3)4)19-10-12-26(5)13-11-19/h7-9,19,24H,6,10-16H2,1-5H3. The number of likely N-dealkylation sites (N-methyl/N-ethyl adjacent to an activating group) is 1. The molecule has 0 atom stereocenters. The van der Waals surface area contributed by atoms with Gasteiger partial charge in [0.2, 0.25) is 5.91 Å². The van der Waals surface area contributed by atoms with E-state index in [1.807, 2.05) is 0 Å². The number of carbonyl (C=O) groups excluding carboxylic acids is 1. The van der Waals surface area contributed by atoms with E-state index in [0.717, 1.165) is 56.7 Å². The van der Waals surface area contributed by atoms with Crippen molar-refractivity contribution in [1.29, 1.82) is 0 Å². The monoisotopic (exact) mass is 384 g/mol. The Hall–Kier alpha value is -1.85. The number of hydrogen-bond donors (Lipinski definition) is 1. The number of H-pyrrole nitrogens is 1. The van der Waals surface area contributed by atoms with Gasteiger partial charge in [0, 0.05) is 35.7 Å². The van der Waals surface area contributed by atoms with Gasteiger partial charge in [0.15, 0.2) is 0 Å². The van der Waals surface area contributed by atoms with E-state index in [9.17, 15) is 4.79 Å². The number of fused-ring (bicyclic) bond motifs is 1. The lowest BCUT2D eigenvalue weighted by Gasteiger charge is -2.38. The highest BCUT2D eigenvalue weighted by molar-refractivity contribution is 5.92. The van der Waals surface area contributed by atoms with Gasteiger partial charge in [-0.3, -0.25) is 4.79 Å². The number of likely N-dealkylation sites (tertiary alicyclic amines) is 1. The number of para-hydroxylation sites is 1. The summed E-state index contributed by atoms with van der Waals surface area (Å²) in [6, 6.07) is 6.80. The Morgan fingerprint density at radius 3 is 2.57 bits per heavy atom.